The van der Waals surface area contributed by atoms with Crippen LogP contribution in [-0.2, 0) is 0 Å². The van der Waals surface area contributed by atoms with Crippen LogP contribution < -0.4 is 4.74 Å². The molecule has 4 aromatic rings. The second-order valence-corrected chi connectivity index (χ2v) is 7.49. The van der Waals surface area contributed by atoms with E-state index in [1.54, 1.807) is 23.1 Å². The molecule has 0 spiro atoms. The van der Waals surface area contributed by atoms with E-state index in [1.165, 1.54) is 11.8 Å². The van der Waals surface area contributed by atoms with Crippen molar-refractivity contribution in [1.29, 1.82) is 0 Å². The van der Waals surface area contributed by atoms with Crippen molar-refractivity contribution in [2.24, 2.45) is 0 Å². The average Bonchev–Trinajstić information content (AvgIpc) is 3.41. The molecule has 1 unspecified atom stereocenters. The fourth-order valence-electron chi connectivity index (χ4n) is 2.32. The van der Waals surface area contributed by atoms with Crippen LogP contribution in [-0.4, -0.2) is 37.5 Å². The van der Waals surface area contributed by atoms with E-state index in [4.69, 9.17) is 9.26 Å². The molecule has 4 rings (SSSR count). The summed E-state index contributed by atoms with van der Waals surface area (Å²) >= 11 is 3.00. The van der Waals surface area contributed by atoms with Crippen molar-refractivity contribution in [1.82, 2.24) is 30.3 Å². The highest BCUT2D eigenvalue weighted by Crippen LogP contribution is 2.35. The number of hydrogen-bond acceptors (Lipinski definition) is 9. The Hall–Kier alpha value is -2.72. The van der Waals surface area contributed by atoms with Gasteiger partial charge in [-0.2, -0.15) is 9.67 Å². The highest BCUT2D eigenvalue weighted by Gasteiger charge is 2.21. The third-order valence-corrected chi connectivity index (χ3v) is 5.45. The van der Waals surface area contributed by atoms with E-state index in [0.29, 0.717) is 22.6 Å². The summed E-state index contributed by atoms with van der Waals surface area (Å²) in [6.45, 7) is 1.97. The van der Waals surface area contributed by atoms with Gasteiger partial charge in [-0.05, 0) is 40.9 Å². The molecule has 0 saturated carbocycles. The Kier molecular flexibility index (Phi) is 4.67. The lowest BCUT2D eigenvalue weighted by molar-refractivity contribution is 0.380. The van der Waals surface area contributed by atoms with Crippen molar-refractivity contribution in [3.63, 3.8) is 0 Å². The van der Waals surface area contributed by atoms with Gasteiger partial charge in [-0.15, -0.1) is 16.4 Å². The van der Waals surface area contributed by atoms with Gasteiger partial charge in [0.15, 0.2) is 0 Å². The summed E-state index contributed by atoms with van der Waals surface area (Å²) in [5.41, 5.74) is 0.763. The van der Waals surface area contributed by atoms with Crippen molar-refractivity contribution in [2.45, 2.75) is 17.3 Å². The number of thiophene rings is 1. The zero-order chi connectivity index (χ0) is 17.9. The molecule has 0 amide bonds. The summed E-state index contributed by atoms with van der Waals surface area (Å²) in [4.78, 5) is 5.45. The number of thioether (sulfide) groups is 1. The van der Waals surface area contributed by atoms with Crippen LogP contribution in [0.15, 0.2) is 51.5 Å². The minimum atomic E-state index is -0.115. The molecule has 0 bridgehead atoms. The summed E-state index contributed by atoms with van der Waals surface area (Å²) in [7, 11) is 1.61. The fraction of sp³-hybridized carbons (Fsp3) is 0.188. The van der Waals surface area contributed by atoms with Crippen LogP contribution in [0.4, 0.5) is 0 Å². The number of methoxy groups -OCH3 is 1. The van der Waals surface area contributed by atoms with Crippen molar-refractivity contribution in [2.75, 3.05) is 7.11 Å². The van der Waals surface area contributed by atoms with Gasteiger partial charge in [0.2, 0.25) is 16.9 Å². The minimum Gasteiger partial charge on any atom is -0.494 e. The van der Waals surface area contributed by atoms with Crippen LogP contribution in [0, 0.1) is 0 Å². The molecular weight excluding hydrogens is 372 g/mol. The molecule has 0 aliphatic heterocycles. The first-order valence-corrected chi connectivity index (χ1v) is 9.48. The van der Waals surface area contributed by atoms with Gasteiger partial charge < -0.3 is 9.26 Å². The van der Waals surface area contributed by atoms with Gasteiger partial charge in [0.1, 0.15) is 11.4 Å². The first-order chi connectivity index (χ1) is 12.8. The van der Waals surface area contributed by atoms with Crippen LogP contribution >= 0.6 is 23.1 Å². The highest BCUT2D eigenvalue weighted by molar-refractivity contribution is 7.99. The average molecular weight is 386 g/mol. The summed E-state index contributed by atoms with van der Waals surface area (Å²) < 4.78 is 12.4. The predicted molar refractivity (Wildman–Crippen MR) is 97.6 cm³/mol. The van der Waals surface area contributed by atoms with Crippen LogP contribution in [0.2, 0.25) is 0 Å². The molecular formula is C16H14N6O2S2. The van der Waals surface area contributed by atoms with E-state index in [0.717, 1.165) is 10.6 Å². The zero-order valence-corrected chi connectivity index (χ0v) is 15.6. The van der Waals surface area contributed by atoms with Crippen LogP contribution in [0.3, 0.4) is 0 Å². The fourth-order valence-corrected chi connectivity index (χ4v) is 3.80. The maximum atomic E-state index is 5.41. The molecule has 132 valence electrons. The Bertz CT molecular complexity index is 998. The molecule has 0 radical (unpaired) electrons. The highest BCUT2D eigenvalue weighted by atomic mass is 32.2. The van der Waals surface area contributed by atoms with Crippen molar-refractivity contribution in [3.8, 4) is 22.1 Å². The molecule has 3 heterocycles. The third-order valence-electron chi connectivity index (χ3n) is 3.57. The summed E-state index contributed by atoms with van der Waals surface area (Å²) in [5.74, 6) is 1.80. The SMILES string of the molecule is COc1ccccc1-n1nnnc1SC(C)c1nc(-c2cccs2)no1. The molecule has 10 heteroatoms. The smallest absolute Gasteiger partial charge is 0.240 e. The molecule has 1 aromatic carbocycles. The van der Waals surface area contributed by atoms with Gasteiger partial charge in [-0.1, -0.05) is 35.1 Å². The number of nitrogens with zero attached hydrogens (tertiary/aromatic N) is 6. The molecule has 0 fully saturated rings. The molecule has 8 nitrogen and oxygen atoms in total. The van der Waals surface area contributed by atoms with Gasteiger partial charge in [-0.3, -0.25) is 0 Å². The lowest BCUT2D eigenvalue weighted by atomic mass is 10.3. The van der Waals surface area contributed by atoms with Gasteiger partial charge in [0.25, 0.3) is 0 Å². The Morgan fingerprint density at radius 2 is 2.12 bits per heavy atom. The Labute approximate surface area is 157 Å². The summed E-state index contributed by atoms with van der Waals surface area (Å²) in [6.07, 6.45) is 0. The maximum Gasteiger partial charge on any atom is 0.240 e. The van der Waals surface area contributed by atoms with Crippen molar-refractivity contribution < 1.29 is 9.26 Å². The first kappa shape index (κ1) is 16.7. The van der Waals surface area contributed by atoms with E-state index >= 15 is 0 Å². The van der Waals surface area contributed by atoms with Gasteiger partial charge in [0, 0.05) is 0 Å². The second-order valence-electron chi connectivity index (χ2n) is 5.24. The van der Waals surface area contributed by atoms with Crippen molar-refractivity contribution >= 4 is 23.1 Å². The van der Waals surface area contributed by atoms with E-state index in [-0.39, 0.29) is 5.25 Å². The number of hydrogen-bond donors (Lipinski definition) is 0. The number of para-hydroxylation sites is 2. The molecule has 0 N–H and O–H groups in total. The number of benzene rings is 1. The number of aromatic nitrogens is 6. The number of tetrazole rings is 1. The van der Waals surface area contributed by atoms with E-state index in [9.17, 15) is 0 Å². The zero-order valence-electron chi connectivity index (χ0n) is 13.9. The second kappa shape index (κ2) is 7.26. The van der Waals surface area contributed by atoms with Crippen LogP contribution in [0.25, 0.3) is 16.4 Å². The van der Waals surface area contributed by atoms with Crippen LogP contribution in [0.1, 0.15) is 18.1 Å². The van der Waals surface area contributed by atoms with Gasteiger partial charge in [0.05, 0.1) is 17.2 Å². The van der Waals surface area contributed by atoms with E-state index in [2.05, 4.69) is 25.7 Å². The lowest BCUT2D eigenvalue weighted by Gasteiger charge is -2.10. The Balaban J connectivity index is 1.58. The van der Waals surface area contributed by atoms with Crippen molar-refractivity contribution in [3.05, 3.63) is 47.7 Å². The molecule has 3 aromatic heterocycles. The van der Waals surface area contributed by atoms with Gasteiger partial charge in [-0.25, -0.2) is 0 Å². The molecule has 0 saturated heterocycles. The molecule has 26 heavy (non-hydrogen) atoms. The van der Waals surface area contributed by atoms with E-state index < -0.39 is 0 Å². The predicted octanol–water partition coefficient (Wildman–Crippen LogP) is 3.64. The van der Waals surface area contributed by atoms with E-state index in [1.807, 2.05) is 48.7 Å². The Morgan fingerprint density at radius 3 is 2.92 bits per heavy atom. The topological polar surface area (TPSA) is 91.8 Å². The summed E-state index contributed by atoms with van der Waals surface area (Å²) in [5, 5.41) is 18.5. The largest absolute Gasteiger partial charge is 0.494 e. The standard InChI is InChI=1S/C16H14N6O2S2/c1-10(15-17-14(19-24-15)13-8-5-9-25-13)26-16-18-20-21-22(16)11-6-3-4-7-12(11)23-2/h3-10H,1-2H3. The maximum absolute atomic E-state index is 5.41. The minimum absolute atomic E-state index is 0.115. The molecule has 1 atom stereocenters. The third kappa shape index (κ3) is 3.20. The Morgan fingerprint density at radius 1 is 1.23 bits per heavy atom. The number of ether oxygens (including phenoxy) is 1. The monoisotopic (exact) mass is 386 g/mol. The quantitative estimate of drug-likeness (QED) is 0.464. The first-order valence-electron chi connectivity index (χ1n) is 7.72. The molecule has 0 aliphatic carbocycles. The van der Waals surface area contributed by atoms with Gasteiger partial charge >= 0.3 is 0 Å². The summed E-state index contributed by atoms with van der Waals surface area (Å²) in [6, 6.07) is 11.5. The lowest BCUT2D eigenvalue weighted by Crippen LogP contribution is -2.02. The van der Waals surface area contributed by atoms with Crippen LogP contribution in [0.5, 0.6) is 5.75 Å². The number of rotatable bonds is 6. The molecule has 0 aliphatic rings. The normalized spacial score (nSPS) is 12.2.